The van der Waals surface area contributed by atoms with E-state index in [-0.39, 0.29) is 0 Å². The highest BCUT2D eigenvalue weighted by Crippen LogP contribution is 2.28. The molecule has 3 heteroatoms. The van der Waals surface area contributed by atoms with Gasteiger partial charge in [0.1, 0.15) is 0 Å². The first-order valence-electron chi connectivity index (χ1n) is 6.11. The molecule has 0 spiro atoms. The molecular weight excluding hydrogens is 244 g/mol. The van der Waals surface area contributed by atoms with Crippen LogP contribution in [-0.2, 0) is 12.8 Å². The van der Waals surface area contributed by atoms with Crippen LogP contribution in [0.3, 0.4) is 0 Å². The summed E-state index contributed by atoms with van der Waals surface area (Å²) >= 11 is 5.90. The van der Waals surface area contributed by atoms with Crippen LogP contribution in [0.4, 0.5) is 11.4 Å². The van der Waals surface area contributed by atoms with Gasteiger partial charge in [0.2, 0.25) is 0 Å². The molecule has 2 aromatic rings. The van der Waals surface area contributed by atoms with E-state index in [2.05, 4.69) is 29.6 Å². The Morgan fingerprint density at radius 2 is 1.72 bits per heavy atom. The van der Waals surface area contributed by atoms with Crippen molar-refractivity contribution < 1.29 is 0 Å². The second-order valence-corrected chi connectivity index (χ2v) is 5.19. The van der Waals surface area contributed by atoms with E-state index in [1.54, 1.807) is 6.07 Å². The van der Waals surface area contributed by atoms with Crippen LogP contribution in [0.25, 0.3) is 0 Å². The summed E-state index contributed by atoms with van der Waals surface area (Å²) in [6.45, 7) is 0. The zero-order valence-electron chi connectivity index (χ0n) is 9.99. The Morgan fingerprint density at radius 1 is 1.06 bits per heavy atom. The van der Waals surface area contributed by atoms with E-state index in [9.17, 15) is 0 Å². The van der Waals surface area contributed by atoms with Gasteiger partial charge in [-0.15, -0.1) is 0 Å². The summed E-state index contributed by atoms with van der Waals surface area (Å²) in [7, 11) is 0. The highest BCUT2D eigenvalue weighted by molar-refractivity contribution is 6.31. The molecule has 0 aromatic heterocycles. The zero-order chi connectivity index (χ0) is 12.5. The van der Waals surface area contributed by atoms with Gasteiger partial charge in [-0.1, -0.05) is 35.9 Å². The molecule has 2 nitrogen and oxygen atoms in total. The predicted octanol–water partition coefficient (Wildman–Crippen LogP) is 3.50. The molecular formula is C15H15ClN2. The van der Waals surface area contributed by atoms with Gasteiger partial charge in [0.15, 0.2) is 0 Å². The summed E-state index contributed by atoms with van der Waals surface area (Å²) < 4.78 is 0. The monoisotopic (exact) mass is 258 g/mol. The van der Waals surface area contributed by atoms with Crippen LogP contribution < -0.4 is 11.1 Å². The lowest BCUT2D eigenvalue weighted by Crippen LogP contribution is -2.20. The Labute approximate surface area is 112 Å². The van der Waals surface area contributed by atoms with Crippen molar-refractivity contribution >= 4 is 23.0 Å². The minimum absolute atomic E-state index is 0.422. The quantitative estimate of drug-likeness (QED) is 0.809. The largest absolute Gasteiger partial charge is 0.397 e. The fourth-order valence-corrected chi connectivity index (χ4v) is 2.73. The summed E-state index contributed by atoms with van der Waals surface area (Å²) in [5.41, 5.74) is 10.5. The topological polar surface area (TPSA) is 38.0 Å². The van der Waals surface area contributed by atoms with Crippen LogP contribution in [-0.4, -0.2) is 6.04 Å². The first-order chi connectivity index (χ1) is 8.72. The summed E-state index contributed by atoms with van der Waals surface area (Å²) in [6.07, 6.45) is 2.11. The van der Waals surface area contributed by atoms with E-state index >= 15 is 0 Å². The molecule has 0 saturated heterocycles. The predicted molar refractivity (Wildman–Crippen MR) is 77.1 cm³/mol. The molecule has 2 aromatic carbocycles. The van der Waals surface area contributed by atoms with Crippen molar-refractivity contribution in [1.82, 2.24) is 0 Å². The van der Waals surface area contributed by atoms with Gasteiger partial charge in [-0.3, -0.25) is 0 Å². The van der Waals surface area contributed by atoms with E-state index in [1.807, 2.05) is 12.1 Å². The van der Waals surface area contributed by atoms with Gasteiger partial charge in [0, 0.05) is 11.1 Å². The van der Waals surface area contributed by atoms with Crippen molar-refractivity contribution in [2.24, 2.45) is 0 Å². The third-order valence-electron chi connectivity index (χ3n) is 3.42. The minimum atomic E-state index is 0.422. The summed E-state index contributed by atoms with van der Waals surface area (Å²) in [5, 5.41) is 4.17. The number of halogens is 1. The van der Waals surface area contributed by atoms with E-state index in [1.165, 1.54) is 11.1 Å². The van der Waals surface area contributed by atoms with E-state index in [4.69, 9.17) is 17.3 Å². The van der Waals surface area contributed by atoms with Crippen LogP contribution in [0, 0.1) is 0 Å². The average molecular weight is 259 g/mol. The molecule has 1 aliphatic carbocycles. The number of hydrogen-bond acceptors (Lipinski definition) is 2. The van der Waals surface area contributed by atoms with E-state index < -0.39 is 0 Å². The first-order valence-corrected chi connectivity index (χ1v) is 6.48. The molecule has 92 valence electrons. The van der Waals surface area contributed by atoms with Crippen molar-refractivity contribution in [3.63, 3.8) is 0 Å². The Kier molecular flexibility index (Phi) is 2.88. The number of benzene rings is 2. The molecule has 0 heterocycles. The summed E-state index contributed by atoms with van der Waals surface area (Å²) in [5.74, 6) is 0. The van der Waals surface area contributed by atoms with Crippen molar-refractivity contribution in [2.45, 2.75) is 18.9 Å². The highest BCUT2D eigenvalue weighted by Gasteiger charge is 2.20. The Morgan fingerprint density at radius 3 is 2.33 bits per heavy atom. The van der Waals surface area contributed by atoms with Crippen LogP contribution in [0.1, 0.15) is 11.1 Å². The van der Waals surface area contributed by atoms with Gasteiger partial charge >= 0.3 is 0 Å². The van der Waals surface area contributed by atoms with Gasteiger partial charge in [-0.25, -0.2) is 0 Å². The van der Waals surface area contributed by atoms with Gasteiger partial charge in [0.05, 0.1) is 11.4 Å². The smallest absolute Gasteiger partial charge is 0.0577 e. The maximum atomic E-state index is 5.96. The minimum Gasteiger partial charge on any atom is -0.397 e. The molecule has 0 fully saturated rings. The third kappa shape index (κ3) is 2.16. The summed E-state index contributed by atoms with van der Waals surface area (Å²) in [6, 6.07) is 14.6. The maximum absolute atomic E-state index is 5.96. The number of nitrogens with one attached hydrogen (secondary N) is 1. The lowest BCUT2D eigenvalue weighted by atomic mass is 10.1. The molecule has 18 heavy (non-hydrogen) atoms. The van der Waals surface area contributed by atoms with Crippen LogP contribution in [0.2, 0.25) is 5.02 Å². The van der Waals surface area contributed by atoms with Gasteiger partial charge < -0.3 is 11.1 Å². The lowest BCUT2D eigenvalue weighted by Gasteiger charge is -2.15. The van der Waals surface area contributed by atoms with Gasteiger partial charge in [-0.05, 0) is 42.2 Å². The second kappa shape index (κ2) is 4.54. The molecule has 0 atom stereocenters. The molecule has 3 N–H and O–H groups in total. The molecule has 0 saturated carbocycles. The van der Waals surface area contributed by atoms with Crippen molar-refractivity contribution in [3.05, 3.63) is 58.6 Å². The Bertz CT molecular complexity index is 555. The normalized spacial score (nSPS) is 14.5. The maximum Gasteiger partial charge on any atom is 0.0577 e. The molecule has 0 unspecified atom stereocenters. The van der Waals surface area contributed by atoms with Crippen LogP contribution in [0.15, 0.2) is 42.5 Å². The standard InChI is InChI=1S/C15H15ClN2/c16-12-5-6-15(14(17)9-12)18-13-7-10-3-1-2-4-11(10)8-13/h1-6,9,13,18H,7-8,17H2. The number of nitrogen functional groups attached to an aromatic ring is 1. The molecule has 0 radical (unpaired) electrons. The van der Waals surface area contributed by atoms with Crippen molar-refractivity contribution in [3.8, 4) is 0 Å². The average Bonchev–Trinajstić information content (AvgIpc) is 2.75. The molecule has 3 rings (SSSR count). The number of hydrogen-bond donors (Lipinski definition) is 2. The zero-order valence-corrected chi connectivity index (χ0v) is 10.7. The van der Waals surface area contributed by atoms with Crippen LogP contribution in [0.5, 0.6) is 0 Å². The van der Waals surface area contributed by atoms with Gasteiger partial charge in [-0.2, -0.15) is 0 Å². The fourth-order valence-electron chi connectivity index (χ4n) is 2.55. The lowest BCUT2D eigenvalue weighted by molar-refractivity contribution is 0.775. The fraction of sp³-hybridized carbons (Fsp3) is 0.200. The van der Waals surface area contributed by atoms with Crippen LogP contribution >= 0.6 is 11.6 Å². The SMILES string of the molecule is Nc1cc(Cl)ccc1NC1Cc2ccccc2C1. The summed E-state index contributed by atoms with van der Waals surface area (Å²) in [4.78, 5) is 0. The molecule has 0 bridgehead atoms. The molecule has 1 aliphatic rings. The van der Waals surface area contributed by atoms with Gasteiger partial charge in [0.25, 0.3) is 0 Å². The first kappa shape index (κ1) is 11.4. The number of fused-ring (bicyclic) bond motifs is 1. The molecule has 0 amide bonds. The highest BCUT2D eigenvalue weighted by atomic mass is 35.5. The van der Waals surface area contributed by atoms with Crippen molar-refractivity contribution in [2.75, 3.05) is 11.1 Å². The van der Waals surface area contributed by atoms with Crippen molar-refractivity contribution in [1.29, 1.82) is 0 Å². The Balaban J connectivity index is 1.76. The molecule has 0 aliphatic heterocycles. The number of rotatable bonds is 2. The number of anilines is 2. The Hall–Kier alpha value is -1.67. The number of nitrogens with two attached hydrogens (primary N) is 1. The third-order valence-corrected chi connectivity index (χ3v) is 3.66. The van der Waals surface area contributed by atoms with E-state index in [0.717, 1.165) is 18.5 Å². The second-order valence-electron chi connectivity index (χ2n) is 4.75. The van der Waals surface area contributed by atoms with E-state index in [0.29, 0.717) is 16.8 Å².